The summed E-state index contributed by atoms with van der Waals surface area (Å²) in [5, 5.41) is 9.19. The van der Waals surface area contributed by atoms with Gasteiger partial charge in [0.2, 0.25) is 0 Å². The summed E-state index contributed by atoms with van der Waals surface area (Å²) in [5.41, 5.74) is 0.760. The number of aliphatic carboxylic acids is 1. The maximum atomic E-state index is 12.6. The Morgan fingerprint density at radius 2 is 2.10 bits per heavy atom. The fourth-order valence-corrected chi connectivity index (χ4v) is 2.23. The van der Waals surface area contributed by atoms with Crippen molar-refractivity contribution in [2.24, 2.45) is 0 Å². The molecule has 108 valence electrons. The molecule has 6 nitrogen and oxygen atoms in total. The summed E-state index contributed by atoms with van der Waals surface area (Å²) in [5.74, 6) is -1.04. The molecule has 1 aliphatic rings. The van der Waals surface area contributed by atoms with Crippen LogP contribution in [0.15, 0.2) is 30.3 Å². The number of urea groups is 1. The zero-order chi connectivity index (χ0) is 14.5. The zero-order valence-corrected chi connectivity index (χ0v) is 11.4. The molecule has 0 spiro atoms. The van der Waals surface area contributed by atoms with Gasteiger partial charge >= 0.3 is 12.0 Å². The van der Waals surface area contributed by atoms with E-state index in [1.54, 1.807) is 4.90 Å². The van der Waals surface area contributed by atoms with Crippen LogP contribution >= 0.6 is 0 Å². The monoisotopic (exact) mass is 278 g/mol. The number of nitrogens with zero attached hydrogens (tertiary/aromatic N) is 2. The molecule has 1 unspecified atom stereocenters. The van der Waals surface area contributed by atoms with E-state index in [4.69, 9.17) is 4.74 Å². The molecule has 1 atom stereocenters. The number of ether oxygens (including phenoxy) is 1. The average molecular weight is 278 g/mol. The Labute approximate surface area is 117 Å². The minimum Gasteiger partial charge on any atom is -0.480 e. The molecule has 6 heteroatoms. The molecule has 1 aromatic carbocycles. The molecule has 0 bridgehead atoms. The van der Waals surface area contributed by atoms with Gasteiger partial charge in [-0.15, -0.1) is 0 Å². The molecule has 1 aliphatic heterocycles. The van der Waals surface area contributed by atoms with Crippen LogP contribution in [0.5, 0.6) is 0 Å². The van der Waals surface area contributed by atoms with Gasteiger partial charge in [0.25, 0.3) is 0 Å². The topological polar surface area (TPSA) is 70.1 Å². The van der Waals surface area contributed by atoms with E-state index in [1.807, 2.05) is 37.3 Å². The zero-order valence-electron chi connectivity index (χ0n) is 11.4. The molecule has 1 N–H and O–H groups in total. The number of carbonyl (C=O) groups excluding carboxylic acids is 1. The number of carboxylic acids is 1. The van der Waals surface area contributed by atoms with Crippen molar-refractivity contribution in [2.75, 3.05) is 31.2 Å². The predicted molar refractivity (Wildman–Crippen MR) is 73.8 cm³/mol. The van der Waals surface area contributed by atoms with E-state index in [9.17, 15) is 14.7 Å². The Morgan fingerprint density at radius 1 is 1.40 bits per heavy atom. The first-order valence-corrected chi connectivity index (χ1v) is 6.59. The standard InChI is InChI=1S/C14H18N2O4/c1-2-15(11-6-4-3-5-7-11)14(19)16-8-9-20-10-12(16)13(17)18/h3-7,12H,2,8-10H2,1H3,(H,17,18). The molecular weight excluding hydrogens is 260 g/mol. The first-order chi connectivity index (χ1) is 9.65. The predicted octanol–water partition coefficient (Wildman–Crippen LogP) is 1.42. The molecule has 0 aromatic heterocycles. The Morgan fingerprint density at radius 3 is 2.70 bits per heavy atom. The fraction of sp³-hybridized carbons (Fsp3) is 0.429. The average Bonchev–Trinajstić information content (AvgIpc) is 2.49. The van der Waals surface area contributed by atoms with Crippen LogP contribution in [-0.2, 0) is 9.53 Å². The highest BCUT2D eigenvalue weighted by Gasteiger charge is 2.35. The normalized spacial score (nSPS) is 18.6. The van der Waals surface area contributed by atoms with Crippen LogP contribution in [0.2, 0.25) is 0 Å². The highest BCUT2D eigenvalue weighted by Crippen LogP contribution is 2.18. The molecule has 0 aliphatic carbocycles. The second-order valence-corrected chi connectivity index (χ2v) is 4.48. The van der Waals surface area contributed by atoms with E-state index >= 15 is 0 Å². The maximum absolute atomic E-state index is 12.6. The lowest BCUT2D eigenvalue weighted by molar-refractivity contribution is -0.147. The van der Waals surface area contributed by atoms with E-state index in [0.29, 0.717) is 19.7 Å². The number of hydrogen-bond donors (Lipinski definition) is 1. The fourth-order valence-electron chi connectivity index (χ4n) is 2.23. The van der Waals surface area contributed by atoms with Gasteiger partial charge in [0.1, 0.15) is 0 Å². The van der Waals surface area contributed by atoms with Gasteiger partial charge < -0.3 is 14.7 Å². The first kappa shape index (κ1) is 14.3. The van der Waals surface area contributed by atoms with Crippen molar-refractivity contribution < 1.29 is 19.4 Å². The van der Waals surface area contributed by atoms with Crippen molar-refractivity contribution in [3.8, 4) is 0 Å². The minimum atomic E-state index is -1.04. The first-order valence-electron chi connectivity index (χ1n) is 6.59. The third-order valence-electron chi connectivity index (χ3n) is 3.27. The molecule has 0 saturated carbocycles. The summed E-state index contributed by atoms with van der Waals surface area (Å²) < 4.78 is 5.15. The summed E-state index contributed by atoms with van der Waals surface area (Å²) in [6, 6.07) is 8.01. The second kappa shape index (κ2) is 6.38. The number of carbonyl (C=O) groups is 2. The Hall–Kier alpha value is -2.08. The Kier molecular flexibility index (Phi) is 4.57. The number of benzene rings is 1. The molecule has 2 rings (SSSR count). The van der Waals surface area contributed by atoms with E-state index in [2.05, 4.69) is 0 Å². The molecule has 1 fully saturated rings. The number of amides is 2. The van der Waals surface area contributed by atoms with Gasteiger partial charge in [-0.05, 0) is 19.1 Å². The van der Waals surface area contributed by atoms with E-state index in [1.165, 1.54) is 4.90 Å². The SMILES string of the molecule is CCN(C(=O)N1CCOCC1C(=O)O)c1ccccc1. The molecule has 0 radical (unpaired) electrons. The van der Waals surface area contributed by atoms with Gasteiger partial charge in [0, 0.05) is 18.8 Å². The minimum absolute atomic E-state index is 0.0351. The summed E-state index contributed by atoms with van der Waals surface area (Å²) in [6.45, 7) is 3.03. The van der Waals surface area contributed by atoms with Crippen molar-refractivity contribution in [3.05, 3.63) is 30.3 Å². The highest BCUT2D eigenvalue weighted by molar-refractivity contribution is 5.94. The Bertz CT molecular complexity index is 477. The van der Waals surface area contributed by atoms with Gasteiger partial charge in [0.15, 0.2) is 6.04 Å². The molecule has 20 heavy (non-hydrogen) atoms. The lowest BCUT2D eigenvalue weighted by Gasteiger charge is -2.36. The quantitative estimate of drug-likeness (QED) is 0.907. The number of anilines is 1. The number of rotatable bonds is 3. The maximum Gasteiger partial charge on any atom is 0.328 e. The van der Waals surface area contributed by atoms with E-state index < -0.39 is 12.0 Å². The third kappa shape index (κ3) is 2.91. The van der Waals surface area contributed by atoms with Gasteiger partial charge in [0.05, 0.1) is 13.2 Å². The van der Waals surface area contributed by atoms with Gasteiger partial charge in [-0.25, -0.2) is 9.59 Å². The van der Waals surface area contributed by atoms with Crippen LogP contribution in [0.4, 0.5) is 10.5 Å². The molecule has 1 heterocycles. The smallest absolute Gasteiger partial charge is 0.328 e. The van der Waals surface area contributed by atoms with Crippen molar-refractivity contribution in [1.29, 1.82) is 0 Å². The lowest BCUT2D eigenvalue weighted by Crippen LogP contribution is -2.56. The van der Waals surface area contributed by atoms with E-state index in [-0.39, 0.29) is 12.6 Å². The van der Waals surface area contributed by atoms with E-state index in [0.717, 1.165) is 5.69 Å². The molecular formula is C14H18N2O4. The van der Waals surface area contributed by atoms with Crippen LogP contribution < -0.4 is 4.90 Å². The van der Waals surface area contributed by atoms with Gasteiger partial charge in [-0.1, -0.05) is 18.2 Å². The second-order valence-electron chi connectivity index (χ2n) is 4.48. The van der Waals surface area contributed by atoms with Gasteiger partial charge in [-0.3, -0.25) is 4.90 Å². The number of carboxylic acid groups (broad SMARTS) is 1. The van der Waals surface area contributed by atoms with Crippen LogP contribution in [0.3, 0.4) is 0 Å². The van der Waals surface area contributed by atoms with Crippen molar-refractivity contribution in [2.45, 2.75) is 13.0 Å². The summed E-state index contributed by atoms with van der Waals surface area (Å²) in [6.07, 6.45) is 0. The summed E-state index contributed by atoms with van der Waals surface area (Å²) in [4.78, 5) is 26.7. The van der Waals surface area contributed by atoms with Crippen LogP contribution in [0.1, 0.15) is 6.92 Å². The van der Waals surface area contributed by atoms with Crippen molar-refractivity contribution in [1.82, 2.24) is 4.90 Å². The number of para-hydroxylation sites is 1. The largest absolute Gasteiger partial charge is 0.480 e. The van der Waals surface area contributed by atoms with Crippen LogP contribution in [-0.4, -0.2) is 54.4 Å². The molecule has 2 amide bonds. The van der Waals surface area contributed by atoms with Crippen LogP contribution in [0, 0.1) is 0 Å². The summed E-state index contributed by atoms with van der Waals surface area (Å²) >= 11 is 0. The lowest BCUT2D eigenvalue weighted by atomic mass is 10.2. The highest BCUT2D eigenvalue weighted by atomic mass is 16.5. The van der Waals surface area contributed by atoms with Crippen molar-refractivity contribution >= 4 is 17.7 Å². The third-order valence-corrected chi connectivity index (χ3v) is 3.27. The summed E-state index contributed by atoms with van der Waals surface area (Å²) in [7, 11) is 0. The number of morpholine rings is 1. The number of hydrogen-bond acceptors (Lipinski definition) is 3. The molecule has 1 saturated heterocycles. The van der Waals surface area contributed by atoms with Gasteiger partial charge in [-0.2, -0.15) is 0 Å². The Balaban J connectivity index is 2.21. The molecule has 1 aromatic rings. The van der Waals surface area contributed by atoms with Crippen molar-refractivity contribution in [3.63, 3.8) is 0 Å². The van der Waals surface area contributed by atoms with Crippen LogP contribution in [0.25, 0.3) is 0 Å².